The molecule has 3 N–H and O–H groups in total. The topological polar surface area (TPSA) is 108 Å². The maximum absolute atomic E-state index is 13.3. The van der Waals surface area contributed by atoms with Gasteiger partial charge < -0.3 is 25.1 Å². The van der Waals surface area contributed by atoms with Gasteiger partial charge in [-0.25, -0.2) is 0 Å². The monoisotopic (exact) mass is 573 g/mol. The summed E-state index contributed by atoms with van der Waals surface area (Å²) >= 11 is 0. The summed E-state index contributed by atoms with van der Waals surface area (Å²) in [6.07, 6.45) is 7.28. The molecule has 0 aromatic rings. The summed E-state index contributed by atoms with van der Waals surface area (Å²) in [7, 11) is 0. The molecule has 5 rings (SSSR count). The van der Waals surface area contributed by atoms with Crippen LogP contribution in [0.4, 0.5) is 0 Å². The van der Waals surface area contributed by atoms with Gasteiger partial charge in [-0.1, -0.05) is 60.1 Å². The Morgan fingerprint density at radius 2 is 1.80 bits per heavy atom. The highest BCUT2D eigenvalue weighted by atomic mass is 16.6. The third kappa shape index (κ3) is 4.22. The lowest BCUT2D eigenvalue weighted by Gasteiger charge is -2.71. The summed E-state index contributed by atoms with van der Waals surface area (Å²) in [5.74, 6) is 0.0200. The van der Waals surface area contributed by atoms with Crippen molar-refractivity contribution in [2.45, 2.75) is 106 Å². The Balaban J connectivity index is 1.60. The van der Waals surface area contributed by atoms with E-state index in [1.165, 1.54) is 12.5 Å². The number of ether oxygens (including phenoxy) is 3. The minimum absolute atomic E-state index is 0.145. The highest BCUT2D eigenvalue weighted by Crippen LogP contribution is 2.75. The number of carboxylic acid groups (broad SMARTS) is 1. The zero-order chi connectivity index (χ0) is 30.2. The third-order valence-electron chi connectivity index (χ3n) is 13.8. The molecule has 4 aliphatic carbocycles. The Kier molecular flexibility index (Phi) is 7.81. The molecule has 7 nitrogen and oxygen atoms in total. The summed E-state index contributed by atoms with van der Waals surface area (Å²) in [5, 5.41) is 10.9. The van der Waals surface area contributed by atoms with Crippen molar-refractivity contribution < 1.29 is 28.9 Å². The molecule has 0 amide bonds. The molecule has 7 heteroatoms. The van der Waals surface area contributed by atoms with E-state index in [4.69, 9.17) is 19.9 Å². The van der Waals surface area contributed by atoms with Crippen molar-refractivity contribution in [3.05, 3.63) is 11.6 Å². The van der Waals surface area contributed by atoms with Gasteiger partial charge in [-0.15, -0.1) is 0 Å². The SMILES string of the molecule is CC(=O)O[C@@H]1C[C@@]23COC[C@](C)(C1OCCN)[C@@H]2CC[C@H]1C3=CC[C@@]2(C)[C@H](C(=O)O)[C@@](C)([C@H](C)C(C)C)CC[C@]12C. The van der Waals surface area contributed by atoms with Crippen molar-refractivity contribution >= 4 is 11.9 Å². The minimum atomic E-state index is -0.641. The van der Waals surface area contributed by atoms with Gasteiger partial charge in [-0.2, -0.15) is 0 Å². The number of hydrogen-bond acceptors (Lipinski definition) is 6. The number of carbonyl (C=O) groups is 2. The smallest absolute Gasteiger partial charge is 0.307 e. The lowest BCUT2D eigenvalue weighted by Crippen LogP contribution is -2.70. The summed E-state index contributed by atoms with van der Waals surface area (Å²) in [4.78, 5) is 25.6. The van der Waals surface area contributed by atoms with Crippen molar-refractivity contribution in [1.29, 1.82) is 0 Å². The van der Waals surface area contributed by atoms with Gasteiger partial charge in [0, 0.05) is 24.3 Å². The van der Waals surface area contributed by atoms with Gasteiger partial charge in [0.15, 0.2) is 0 Å². The van der Waals surface area contributed by atoms with Gasteiger partial charge in [0.1, 0.15) is 12.2 Å². The van der Waals surface area contributed by atoms with Crippen LogP contribution in [0.3, 0.4) is 0 Å². The molecule has 232 valence electrons. The molecular formula is C34H55NO6. The fourth-order valence-electron chi connectivity index (χ4n) is 11.4. The lowest BCUT2D eigenvalue weighted by molar-refractivity contribution is -0.266. The first-order valence-corrected chi connectivity index (χ1v) is 16.1. The normalized spacial score (nSPS) is 47.9. The van der Waals surface area contributed by atoms with E-state index < -0.39 is 11.9 Å². The van der Waals surface area contributed by atoms with E-state index in [0.717, 1.165) is 32.1 Å². The maximum Gasteiger partial charge on any atom is 0.307 e. The van der Waals surface area contributed by atoms with E-state index in [0.29, 0.717) is 50.5 Å². The first-order chi connectivity index (χ1) is 19.1. The van der Waals surface area contributed by atoms with E-state index in [2.05, 4.69) is 54.5 Å². The number of fused-ring (bicyclic) bond motifs is 3. The first-order valence-electron chi connectivity index (χ1n) is 16.1. The van der Waals surface area contributed by atoms with Crippen molar-refractivity contribution in [3.63, 3.8) is 0 Å². The van der Waals surface area contributed by atoms with E-state index in [9.17, 15) is 14.7 Å². The van der Waals surface area contributed by atoms with Gasteiger partial charge >= 0.3 is 11.9 Å². The van der Waals surface area contributed by atoms with Gasteiger partial charge in [-0.3, -0.25) is 9.59 Å². The molecule has 1 heterocycles. The molecule has 4 fully saturated rings. The van der Waals surface area contributed by atoms with Crippen LogP contribution in [0, 0.1) is 56.7 Å². The van der Waals surface area contributed by atoms with Crippen LogP contribution in [-0.4, -0.2) is 55.6 Å². The first kappa shape index (κ1) is 31.0. The molecule has 5 aliphatic rings. The number of carbonyl (C=O) groups excluding carboxylic acids is 1. The molecule has 1 aliphatic heterocycles. The summed E-state index contributed by atoms with van der Waals surface area (Å²) < 4.78 is 18.9. The Morgan fingerprint density at radius 1 is 1.10 bits per heavy atom. The van der Waals surface area contributed by atoms with Crippen LogP contribution in [0.1, 0.15) is 93.9 Å². The van der Waals surface area contributed by atoms with Crippen molar-refractivity contribution in [1.82, 2.24) is 0 Å². The number of nitrogens with two attached hydrogens (primary N) is 1. The molecule has 2 bridgehead atoms. The second-order valence-corrected chi connectivity index (χ2v) is 15.8. The number of esters is 1. The zero-order valence-electron chi connectivity index (χ0n) is 26.8. The molecular weight excluding hydrogens is 518 g/mol. The van der Waals surface area contributed by atoms with Crippen LogP contribution in [-0.2, 0) is 23.8 Å². The second-order valence-electron chi connectivity index (χ2n) is 15.8. The van der Waals surface area contributed by atoms with Gasteiger partial charge in [0.2, 0.25) is 0 Å². The molecule has 41 heavy (non-hydrogen) atoms. The largest absolute Gasteiger partial charge is 0.481 e. The standard InChI is InChI=1S/C34H55NO6/c1-20(2)21(3)30(5)13-14-32(7)23-9-10-26-31(6)18-39-19-34(26,17-25(41-22(4)36)28(31)40-16-15-35)24(23)11-12-33(32,8)27(30)29(37)38/h11,20-21,23,25-28H,9-10,12-19,35H2,1-8H3,(H,37,38)/t21-,23+,25-,26+,27-,28?,30-,31+,32-,33+,34+/m1/s1. The quantitative estimate of drug-likeness (QED) is 0.290. The van der Waals surface area contributed by atoms with Crippen LogP contribution < -0.4 is 5.73 Å². The maximum atomic E-state index is 13.3. The fourth-order valence-corrected chi connectivity index (χ4v) is 11.4. The molecule has 11 atom stereocenters. The average molecular weight is 574 g/mol. The van der Waals surface area contributed by atoms with E-state index in [-0.39, 0.29) is 51.2 Å². The Morgan fingerprint density at radius 3 is 2.41 bits per heavy atom. The Bertz CT molecular complexity index is 1090. The Hall–Kier alpha value is -1.44. The molecule has 0 aromatic carbocycles. The number of carboxylic acids is 1. The van der Waals surface area contributed by atoms with E-state index in [1.807, 2.05) is 0 Å². The van der Waals surface area contributed by atoms with E-state index in [1.54, 1.807) is 0 Å². The van der Waals surface area contributed by atoms with Crippen LogP contribution in [0.25, 0.3) is 0 Å². The minimum Gasteiger partial charge on any atom is -0.481 e. The van der Waals surface area contributed by atoms with E-state index >= 15 is 0 Å². The highest BCUT2D eigenvalue weighted by Gasteiger charge is 2.72. The van der Waals surface area contributed by atoms with Crippen LogP contribution >= 0.6 is 0 Å². The van der Waals surface area contributed by atoms with Crippen LogP contribution in [0.15, 0.2) is 11.6 Å². The molecule has 1 saturated heterocycles. The molecule has 0 aromatic heterocycles. The van der Waals surface area contributed by atoms with Crippen LogP contribution in [0.5, 0.6) is 0 Å². The van der Waals surface area contributed by atoms with Gasteiger partial charge in [0.25, 0.3) is 0 Å². The van der Waals surface area contributed by atoms with Crippen molar-refractivity contribution in [3.8, 4) is 0 Å². The third-order valence-corrected chi connectivity index (χ3v) is 13.8. The number of allylic oxidation sites excluding steroid dienone is 1. The highest BCUT2D eigenvalue weighted by molar-refractivity contribution is 5.73. The summed E-state index contributed by atoms with van der Waals surface area (Å²) in [6.45, 7) is 19.4. The van der Waals surface area contributed by atoms with Crippen molar-refractivity contribution in [2.24, 2.45) is 62.4 Å². The van der Waals surface area contributed by atoms with Crippen molar-refractivity contribution in [2.75, 3.05) is 26.4 Å². The molecule has 1 unspecified atom stereocenters. The number of rotatable bonds is 7. The number of hydrogen-bond donors (Lipinski definition) is 2. The fraction of sp³-hybridized carbons (Fsp3) is 0.882. The number of aliphatic carboxylic acids is 1. The molecule has 3 saturated carbocycles. The van der Waals surface area contributed by atoms with Gasteiger partial charge in [-0.05, 0) is 78.4 Å². The zero-order valence-corrected chi connectivity index (χ0v) is 26.8. The predicted molar refractivity (Wildman–Crippen MR) is 158 cm³/mol. The van der Waals surface area contributed by atoms with Crippen LogP contribution in [0.2, 0.25) is 0 Å². The molecule has 0 spiro atoms. The average Bonchev–Trinajstić information content (AvgIpc) is 2.88. The Labute approximate surface area is 247 Å². The second kappa shape index (κ2) is 10.3. The molecule has 0 radical (unpaired) electrons. The van der Waals surface area contributed by atoms with Gasteiger partial charge in [0.05, 0.1) is 25.7 Å². The summed E-state index contributed by atoms with van der Waals surface area (Å²) in [5.41, 5.74) is 5.97. The summed E-state index contributed by atoms with van der Waals surface area (Å²) in [6, 6.07) is 0. The lowest BCUT2D eigenvalue weighted by atomic mass is 9.34. The predicted octanol–water partition coefficient (Wildman–Crippen LogP) is 5.85.